The lowest BCUT2D eigenvalue weighted by atomic mass is 10.1. The van der Waals surface area contributed by atoms with E-state index >= 15 is 0 Å². The minimum atomic E-state index is 0.891. The number of benzene rings is 1. The molecule has 0 aliphatic carbocycles. The predicted octanol–water partition coefficient (Wildman–Crippen LogP) is 1.26. The summed E-state index contributed by atoms with van der Waals surface area (Å²) in [5, 5.41) is 0. The fourth-order valence-electron chi connectivity index (χ4n) is 2.61. The van der Waals surface area contributed by atoms with Gasteiger partial charge in [0.2, 0.25) is 0 Å². The van der Waals surface area contributed by atoms with Gasteiger partial charge in [-0.1, -0.05) is 12.1 Å². The summed E-state index contributed by atoms with van der Waals surface area (Å²) in [5.41, 5.74) is 9.33. The number of anilines is 1. The molecule has 1 fully saturated rings. The van der Waals surface area contributed by atoms with Gasteiger partial charge in [0.05, 0.1) is 0 Å². The molecule has 1 aliphatic rings. The molecule has 0 spiro atoms. The first-order chi connectivity index (χ1) is 9.54. The van der Waals surface area contributed by atoms with Gasteiger partial charge in [0.25, 0.3) is 0 Å². The van der Waals surface area contributed by atoms with Gasteiger partial charge in [-0.2, -0.15) is 0 Å². The van der Waals surface area contributed by atoms with E-state index in [1.807, 2.05) is 6.07 Å². The van der Waals surface area contributed by atoms with Crippen molar-refractivity contribution in [2.45, 2.75) is 13.5 Å². The zero-order chi connectivity index (χ0) is 14.5. The van der Waals surface area contributed by atoms with Gasteiger partial charge in [0.1, 0.15) is 0 Å². The summed E-state index contributed by atoms with van der Waals surface area (Å²) < 4.78 is 0. The van der Waals surface area contributed by atoms with Crippen molar-refractivity contribution >= 4 is 5.69 Å². The second kappa shape index (κ2) is 7.07. The SMILES string of the molecule is Cc1cc(CN2CCN(CCN(C)C)CC2)ccc1N. The normalized spacial score (nSPS) is 17.8. The van der Waals surface area contributed by atoms with Crippen LogP contribution in [0, 0.1) is 6.92 Å². The number of nitrogens with two attached hydrogens (primary N) is 1. The van der Waals surface area contributed by atoms with Gasteiger partial charge in [-0.3, -0.25) is 9.80 Å². The Balaban J connectivity index is 1.77. The van der Waals surface area contributed by atoms with Crippen LogP contribution < -0.4 is 5.73 Å². The zero-order valence-electron chi connectivity index (χ0n) is 13.1. The van der Waals surface area contributed by atoms with Gasteiger partial charge in [0.15, 0.2) is 0 Å². The number of hydrogen-bond donors (Lipinski definition) is 1. The topological polar surface area (TPSA) is 35.7 Å². The fourth-order valence-corrected chi connectivity index (χ4v) is 2.61. The highest BCUT2D eigenvalue weighted by Gasteiger charge is 2.16. The Morgan fingerprint density at radius 2 is 1.75 bits per heavy atom. The molecule has 1 aromatic carbocycles. The Kier molecular flexibility index (Phi) is 5.40. The average Bonchev–Trinajstić information content (AvgIpc) is 2.42. The van der Waals surface area contributed by atoms with Crippen LogP contribution in [0.4, 0.5) is 5.69 Å². The molecule has 4 heteroatoms. The Bertz CT molecular complexity index is 422. The molecule has 1 heterocycles. The van der Waals surface area contributed by atoms with Crippen LogP contribution in [0.3, 0.4) is 0 Å². The van der Waals surface area contributed by atoms with Crippen LogP contribution >= 0.6 is 0 Å². The van der Waals surface area contributed by atoms with E-state index < -0.39 is 0 Å². The molecule has 0 saturated carbocycles. The van der Waals surface area contributed by atoms with Crippen molar-refractivity contribution in [1.82, 2.24) is 14.7 Å². The second-order valence-electron chi connectivity index (χ2n) is 6.11. The van der Waals surface area contributed by atoms with Gasteiger partial charge in [-0.25, -0.2) is 0 Å². The molecular weight excluding hydrogens is 248 g/mol. The highest BCUT2D eigenvalue weighted by molar-refractivity contribution is 5.47. The summed E-state index contributed by atoms with van der Waals surface area (Å²) in [5.74, 6) is 0. The molecule has 1 aromatic rings. The quantitative estimate of drug-likeness (QED) is 0.821. The summed E-state index contributed by atoms with van der Waals surface area (Å²) in [6, 6.07) is 6.40. The summed E-state index contributed by atoms with van der Waals surface area (Å²) in [4.78, 5) is 7.35. The molecule has 0 unspecified atom stereocenters. The molecule has 1 aliphatic heterocycles. The molecule has 20 heavy (non-hydrogen) atoms. The number of aryl methyl sites for hydroxylation is 1. The molecule has 0 amide bonds. The van der Waals surface area contributed by atoms with Gasteiger partial charge in [0, 0.05) is 51.5 Å². The largest absolute Gasteiger partial charge is 0.399 e. The van der Waals surface area contributed by atoms with E-state index in [4.69, 9.17) is 5.73 Å². The second-order valence-corrected chi connectivity index (χ2v) is 6.11. The molecular formula is C16H28N4. The average molecular weight is 276 g/mol. The van der Waals surface area contributed by atoms with Crippen molar-refractivity contribution < 1.29 is 0 Å². The minimum absolute atomic E-state index is 0.891. The maximum atomic E-state index is 5.87. The monoisotopic (exact) mass is 276 g/mol. The van der Waals surface area contributed by atoms with Crippen LogP contribution in [-0.4, -0.2) is 68.1 Å². The van der Waals surface area contributed by atoms with Crippen molar-refractivity contribution in [3.8, 4) is 0 Å². The lowest BCUT2D eigenvalue weighted by Gasteiger charge is -2.35. The molecule has 2 N–H and O–H groups in total. The molecule has 4 nitrogen and oxygen atoms in total. The zero-order valence-corrected chi connectivity index (χ0v) is 13.1. The Morgan fingerprint density at radius 1 is 1.10 bits per heavy atom. The van der Waals surface area contributed by atoms with Crippen LogP contribution in [0.15, 0.2) is 18.2 Å². The Morgan fingerprint density at radius 3 is 2.35 bits per heavy atom. The number of rotatable bonds is 5. The van der Waals surface area contributed by atoms with Crippen molar-refractivity contribution in [3.63, 3.8) is 0 Å². The summed E-state index contributed by atoms with van der Waals surface area (Å²) in [6.45, 7) is 10.1. The van der Waals surface area contributed by atoms with Gasteiger partial charge >= 0.3 is 0 Å². The minimum Gasteiger partial charge on any atom is -0.399 e. The van der Waals surface area contributed by atoms with Crippen LogP contribution in [-0.2, 0) is 6.54 Å². The highest BCUT2D eigenvalue weighted by atomic mass is 15.3. The first-order valence-corrected chi connectivity index (χ1v) is 7.49. The summed E-state index contributed by atoms with van der Waals surface area (Å²) in [6.07, 6.45) is 0. The first kappa shape index (κ1) is 15.3. The molecule has 0 aromatic heterocycles. The van der Waals surface area contributed by atoms with E-state index in [2.05, 4.69) is 47.9 Å². The predicted molar refractivity (Wildman–Crippen MR) is 85.9 cm³/mol. The van der Waals surface area contributed by atoms with Crippen molar-refractivity contribution in [2.24, 2.45) is 0 Å². The Hall–Kier alpha value is -1.10. The first-order valence-electron chi connectivity index (χ1n) is 7.49. The smallest absolute Gasteiger partial charge is 0.0343 e. The lowest BCUT2D eigenvalue weighted by molar-refractivity contribution is 0.120. The third-order valence-corrected chi connectivity index (χ3v) is 4.07. The third kappa shape index (κ3) is 4.47. The van der Waals surface area contributed by atoms with E-state index in [0.29, 0.717) is 0 Å². The standard InChI is InChI=1S/C16H28N4/c1-14-12-15(4-5-16(14)17)13-20-10-8-19(9-11-20)7-6-18(2)3/h4-5,12H,6-11,13,17H2,1-3H3. The number of hydrogen-bond acceptors (Lipinski definition) is 4. The molecule has 2 rings (SSSR count). The van der Waals surface area contributed by atoms with E-state index in [1.165, 1.54) is 30.8 Å². The lowest BCUT2D eigenvalue weighted by Crippen LogP contribution is -2.47. The van der Waals surface area contributed by atoms with Crippen molar-refractivity contribution in [1.29, 1.82) is 0 Å². The molecule has 112 valence electrons. The van der Waals surface area contributed by atoms with Gasteiger partial charge in [-0.15, -0.1) is 0 Å². The number of piperazine rings is 1. The van der Waals surface area contributed by atoms with E-state index in [1.54, 1.807) is 0 Å². The van der Waals surface area contributed by atoms with Crippen LogP contribution in [0.2, 0.25) is 0 Å². The molecule has 1 saturated heterocycles. The van der Waals surface area contributed by atoms with Gasteiger partial charge < -0.3 is 10.6 Å². The fraction of sp³-hybridized carbons (Fsp3) is 0.625. The maximum Gasteiger partial charge on any atom is 0.0343 e. The summed E-state index contributed by atoms with van der Waals surface area (Å²) >= 11 is 0. The van der Waals surface area contributed by atoms with Crippen molar-refractivity contribution in [2.75, 3.05) is 59.1 Å². The molecule has 0 bridgehead atoms. The third-order valence-electron chi connectivity index (χ3n) is 4.07. The maximum absolute atomic E-state index is 5.87. The molecule has 0 atom stereocenters. The Labute approximate surface area is 123 Å². The van der Waals surface area contributed by atoms with Crippen LogP contribution in [0.5, 0.6) is 0 Å². The van der Waals surface area contributed by atoms with Crippen LogP contribution in [0.1, 0.15) is 11.1 Å². The number of nitrogens with zero attached hydrogens (tertiary/aromatic N) is 3. The number of likely N-dealkylation sites (N-methyl/N-ethyl adjacent to an activating group) is 1. The molecule has 0 radical (unpaired) electrons. The van der Waals surface area contributed by atoms with E-state index in [9.17, 15) is 0 Å². The van der Waals surface area contributed by atoms with Crippen molar-refractivity contribution in [3.05, 3.63) is 29.3 Å². The number of nitrogen functional groups attached to an aromatic ring is 1. The van der Waals surface area contributed by atoms with E-state index in [0.717, 1.165) is 31.9 Å². The summed E-state index contributed by atoms with van der Waals surface area (Å²) in [7, 11) is 4.28. The van der Waals surface area contributed by atoms with E-state index in [-0.39, 0.29) is 0 Å². The highest BCUT2D eigenvalue weighted by Crippen LogP contribution is 2.15. The van der Waals surface area contributed by atoms with Crippen LogP contribution in [0.25, 0.3) is 0 Å². The van der Waals surface area contributed by atoms with Gasteiger partial charge in [-0.05, 0) is 38.2 Å².